The van der Waals surface area contributed by atoms with Crippen LogP contribution in [0.3, 0.4) is 0 Å². The first-order valence-corrected chi connectivity index (χ1v) is 20.2. The van der Waals surface area contributed by atoms with Crippen LogP contribution in [0.4, 0.5) is 0 Å². The van der Waals surface area contributed by atoms with Crippen molar-refractivity contribution in [2.45, 2.75) is 5.41 Å². The van der Waals surface area contributed by atoms with Gasteiger partial charge in [-0.3, -0.25) is 0 Å². The van der Waals surface area contributed by atoms with Gasteiger partial charge in [0.2, 0.25) is 0 Å². The molecule has 0 atom stereocenters. The average Bonchev–Trinajstić information content (AvgIpc) is 3.64. The Balaban J connectivity index is 1.23. The number of benzene rings is 9. The van der Waals surface area contributed by atoms with Gasteiger partial charge in [0.15, 0.2) is 5.82 Å². The van der Waals surface area contributed by atoms with Gasteiger partial charge in [-0.15, -0.1) is 0 Å². The monoisotopic (exact) mass is 750 g/mol. The highest BCUT2D eigenvalue weighted by Crippen LogP contribution is 2.60. The van der Waals surface area contributed by atoms with E-state index in [1.165, 1.54) is 49.9 Å². The lowest BCUT2D eigenvalue weighted by Gasteiger charge is -2.34. The minimum atomic E-state index is -0.585. The van der Waals surface area contributed by atoms with Gasteiger partial charge >= 0.3 is 0 Å². The molecule has 0 amide bonds. The summed E-state index contributed by atoms with van der Waals surface area (Å²) in [5, 5.41) is 2.37. The molecular weight excluding hydrogens is 713 g/mol. The van der Waals surface area contributed by atoms with Crippen LogP contribution in [0.5, 0.6) is 0 Å². The van der Waals surface area contributed by atoms with Crippen LogP contribution in [0.15, 0.2) is 231 Å². The van der Waals surface area contributed by atoms with E-state index in [0.29, 0.717) is 5.82 Å². The molecule has 1 aromatic heterocycles. The highest BCUT2D eigenvalue weighted by molar-refractivity contribution is 6.06. The highest BCUT2D eigenvalue weighted by Gasteiger charge is 2.48. The summed E-state index contributed by atoms with van der Waals surface area (Å²) in [7, 11) is 0. The number of hydrogen-bond acceptors (Lipinski definition) is 2. The number of rotatable bonds is 7. The smallest absolute Gasteiger partial charge is 0.161 e. The topological polar surface area (TPSA) is 25.8 Å². The van der Waals surface area contributed by atoms with E-state index < -0.39 is 5.41 Å². The fourth-order valence-corrected chi connectivity index (χ4v) is 9.34. The van der Waals surface area contributed by atoms with Crippen LogP contribution in [-0.4, -0.2) is 9.97 Å². The van der Waals surface area contributed by atoms with Crippen molar-refractivity contribution < 1.29 is 0 Å². The van der Waals surface area contributed by atoms with E-state index in [1.807, 2.05) is 0 Å². The number of fused-ring (bicyclic) bond motifs is 5. The summed E-state index contributed by atoms with van der Waals surface area (Å²) in [4.78, 5) is 11.1. The Morgan fingerprint density at radius 1 is 0.322 bits per heavy atom. The lowest BCUT2D eigenvalue weighted by molar-refractivity contribution is 0.775. The molecular formula is C57H38N2. The standard InChI is InChI=1S/C57H38N2/c1-5-19-39(20-6-1)41-24-17-26-44(35-41)52-38-53(45-27-18-25-42(36-45)40-21-7-2-8-22-40)59-56(58-52)50-37-43-23-13-14-32-48(43)55-54(50)49-33-15-16-34-51(49)57(55,46-28-9-3-10-29-46)47-30-11-4-12-31-47/h1-38H. The second kappa shape index (κ2) is 14.4. The lowest BCUT2D eigenvalue weighted by Crippen LogP contribution is -2.28. The summed E-state index contributed by atoms with van der Waals surface area (Å²) in [5.74, 6) is 0.696. The maximum absolute atomic E-state index is 5.55. The van der Waals surface area contributed by atoms with Gasteiger partial charge in [0.1, 0.15) is 0 Å². The van der Waals surface area contributed by atoms with Crippen molar-refractivity contribution in [2.24, 2.45) is 0 Å². The second-order valence-electron chi connectivity index (χ2n) is 15.3. The zero-order chi connectivity index (χ0) is 39.2. The molecule has 0 fully saturated rings. The summed E-state index contributed by atoms with van der Waals surface area (Å²) >= 11 is 0. The van der Waals surface area contributed by atoms with Crippen LogP contribution in [-0.2, 0) is 5.41 Å². The Morgan fingerprint density at radius 3 is 1.36 bits per heavy atom. The third-order valence-corrected chi connectivity index (χ3v) is 11.9. The first kappa shape index (κ1) is 34.6. The van der Waals surface area contributed by atoms with Gasteiger partial charge in [-0.05, 0) is 90.7 Å². The Hall–Kier alpha value is -7.68. The van der Waals surface area contributed by atoms with Gasteiger partial charge in [0.05, 0.1) is 16.8 Å². The molecule has 0 N–H and O–H groups in total. The number of aromatic nitrogens is 2. The van der Waals surface area contributed by atoms with Gasteiger partial charge in [-0.2, -0.15) is 0 Å². The van der Waals surface area contributed by atoms with Crippen molar-refractivity contribution in [2.75, 3.05) is 0 Å². The van der Waals surface area contributed by atoms with Crippen LogP contribution in [0.1, 0.15) is 22.3 Å². The summed E-state index contributed by atoms with van der Waals surface area (Å²) in [5.41, 5.74) is 16.2. The van der Waals surface area contributed by atoms with E-state index in [2.05, 4.69) is 231 Å². The Kier molecular flexibility index (Phi) is 8.41. The molecule has 276 valence electrons. The van der Waals surface area contributed by atoms with Crippen LogP contribution in [0.25, 0.3) is 78.1 Å². The molecule has 1 heterocycles. The second-order valence-corrected chi connectivity index (χ2v) is 15.3. The molecule has 0 saturated carbocycles. The minimum Gasteiger partial charge on any atom is -0.228 e. The average molecular weight is 751 g/mol. The zero-order valence-corrected chi connectivity index (χ0v) is 32.3. The molecule has 2 nitrogen and oxygen atoms in total. The van der Waals surface area contributed by atoms with E-state index in [4.69, 9.17) is 9.97 Å². The largest absolute Gasteiger partial charge is 0.228 e. The van der Waals surface area contributed by atoms with Crippen molar-refractivity contribution in [1.82, 2.24) is 9.97 Å². The van der Waals surface area contributed by atoms with Gasteiger partial charge in [-0.25, -0.2) is 9.97 Å². The van der Waals surface area contributed by atoms with Crippen LogP contribution in [0.2, 0.25) is 0 Å². The van der Waals surface area contributed by atoms with Crippen molar-refractivity contribution in [3.63, 3.8) is 0 Å². The van der Waals surface area contributed by atoms with Crippen LogP contribution < -0.4 is 0 Å². The first-order valence-electron chi connectivity index (χ1n) is 20.2. The summed E-state index contributed by atoms with van der Waals surface area (Å²) in [6.45, 7) is 0. The number of nitrogens with zero attached hydrogens (tertiary/aromatic N) is 2. The predicted molar refractivity (Wildman–Crippen MR) is 244 cm³/mol. The first-order chi connectivity index (χ1) is 29.3. The minimum absolute atomic E-state index is 0.585. The molecule has 0 bridgehead atoms. The lowest BCUT2D eigenvalue weighted by atomic mass is 9.66. The molecule has 59 heavy (non-hydrogen) atoms. The molecule has 0 saturated heterocycles. The molecule has 11 rings (SSSR count). The Bertz CT molecular complexity index is 3000. The fraction of sp³-hybridized carbons (Fsp3) is 0.0175. The SMILES string of the molecule is c1ccc(-c2cccc(-c3cc(-c4cccc(-c5ccccc5)c4)nc(-c4cc5ccccc5c5c4-c4ccccc4C5(c4ccccc4)c4ccccc4)n3)c2)cc1. The van der Waals surface area contributed by atoms with E-state index >= 15 is 0 Å². The van der Waals surface area contributed by atoms with Gasteiger partial charge in [0.25, 0.3) is 0 Å². The Labute approximate surface area is 344 Å². The normalized spacial score (nSPS) is 12.5. The maximum atomic E-state index is 5.55. The summed E-state index contributed by atoms with van der Waals surface area (Å²) in [6.07, 6.45) is 0. The molecule has 1 aliphatic carbocycles. The van der Waals surface area contributed by atoms with Crippen molar-refractivity contribution >= 4 is 10.8 Å². The third-order valence-electron chi connectivity index (χ3n) is 11.9. The van der Waals surface area contributed by atoms with Crippen LogP contribution >= 0.6 is 0 Å². The fourth-order valence-electron chi connectivity index (χ4n) is 9.34. The molecule has 2 heteroatoms. The van der Waals surface area contributed by atoms with Crippen molar-refractivity contribution in [3.05, 3.63) is 253 Å². The van der Waals surface area contributed by atoms with Gasteiger partial charge in [0, 0.05) is 16.7 Å². The molecule has 9 aromatic carbocycles. The van der Waals surface area contributed by atoms with Gasteiger partial charge in [-0.1, -0.05) is 206 Å². The van der Waals surface area contributed by atoms with Crippen LogP contribution in [0, 0.1) is 0 Å². The number of hydrogen-bond donors (Lipinski definition) is 0. The maximum Gasteiger partial charge on any atom is 0.161 e. The highest BCUT2D eigenvalue weighted by atomic mass is 14.9. The summed E-state index contributed by atoms with van der Waals surface area (Å²) < 4.78 is 0. The molecule has 0 radical (unpaired) electrons. The van der Waals surface area contributed by atoms with E-state index in [-0.39, 0.29) is 0 Å². The molecule has 0 spiro atoms. The molecule has 0 unspecified atom stereocenters. The van der Waals surface area contributed by atoms with E-state index in [9.17, 15) is 0 Å². The molecule has 10 aromatic rings. The molecule has 0 aliphatic heterocycles. The van der Waals surface area contributed by atoms with Crippen molar-refractivity contribution in [1.29, 1.82) is 0 Å². The molecule has 1 aliphatic rings. The van der Waals surface area contributed by atoms with E-state index in [0.717, 1.165) is 44.6 Å². The zero-order valence-electron chi connectivity index (χ0n) is 32.3. The van der Waals surface area contributed by atoms with Gasteiger partial charge < -0.3 is 0 Å². The van der Waals surface area contributed by atoms with Crippen molar-refractivity contribution in [3.8, 4) is 67.3 Å². The van der Waals surface area contributed by atoms with E-state index in [1.54, 1.807) is 0 Å². The predicted octanol–water partition coefficient (Wildman–Crippen LogP) is 14.3. The third kappa shape index (κ3) is 5.80. The Morgan fingerprint density at radius 2 is 0.780 bits per heavy atom. The quantitative estimate of drug-likeness (QED) is 0.162. The summed E-state index contributed by atoms with van der Waals surface area (Å²) in [6, 6.07) is 82.9.